The summed E-state index contributed by atoms with van der Waals surface area (Å²) in [6, 6.07) is 0.254. The van der Waals surface area contributed by atoms with Crippen molar-refractivity contribution in [1.82, 2.24) is 9.55 Å². The predicted molar refractivity (Wildman–Crippen MR) is 85.2 cm³/mol. The number of nitrogens with zero attached hydrogens (tertiary/aromatic N) is 3. The number of alkyl halides is 6. The molecule has 0 aliphatic rings. The molecule has 2 heterocycles. The minimum atomic E-state index is -4.91. The third kappa shape index (κ3) is 4.43. The summed E-state index contributed by atoms with van der Waals surface area (Å²) < 4.78 is 102. The highest BCUT2D eigenvalue weighted by molar-refractivity contribution is 7.91. The number of carbonyl (C=O) groups is 1. The molecular weight excluding hydrogens is 436 g/mol. The number of hydrogen-bond donors (Lipinski definition) is 0. The van der Waals surface area contributed by atoms with Crippen molar-refractivity contribution in [2.24, 2.45) is 12.0 Å². The largest absolute Gasteiger partial charge is 0.432 e. The molecule has 2 rings (SSSR count). The molecule has 14 heteroatoms. The summed E-state index contributed by atoms with van der Waals surface area (Å²) in [6.45, 7) is 1.15. The molecule has 2 aromatic rings. The number of hydrogen-bond acceptors (Lipinski definition) is 5. The average Bonchev–Trinajstić information content (AvgIpc) is 2.94. The number of pyridine rings is 1. The van der Waals surface area contributed by atoms with E-state index in [0.717, 1.165) is 14.0 Å². The molecule has 0 aliphatic heterocycles. The van der Waals surface area contributed by atoms with Crippen molar-refractivity contribution in [3.63, 3.8) is 0 Å². The second kappa shape index (κ2) is 7.31. The molecule has 0 unspecified atom stereocenters. The standard InChI is InChI=1S/C14H11F6N3O3S2/c1-3-28(25,26)8-4-7(13(15,16)17)5-21-10(8)11(24)22-12-23(2)9(6-27-12)14(18,19)20/h4-6H,3H2,1-2H3. The first-order valence-electron chi connectivity index (χ1n) is 7.29. The van der Waals surface area contributed by atoms with E-state index in [9.17, 15) is 39.6 Å². The lowest BCUT2D eigenvalue weighted by Gasteiger charge is -2.11. The summed E-state index contributed by atoms with van der Waals surface area (Å²) in [6.07, 6.45) is -9.37. The van der Waals surface area contributed by atoms with E-state index in [0.29, 0.717) is 21.3 Å². The van der Waals surface area contributed by atoms with Gasteiger partial charge < -0.3 is 4.57 Å². The van der Waals surface area contributed by atoms with Crippen LogP contribution >= 0.6 is 11.3 Å². The number of aromatic nitrogens is 2. The number of rotatable bonds is 3. The van der Waals surface area contributed by atoms with Crippen molar-refractivity contribution >= 4 is 27.1 Å². The molecular formula is C14H11F6N3O3S2. The van der Waals surface area contributed by atoms with Crippen molar-refractivity contribution in [3.05, 3.63) is 39.4 Å². The first-order chi connectivity index (χ1) is 12.7. The van der Waals surface area contributed by atoms with Gasteiger partial charge in [0, 0.05) is 18.6 Å². The monoisotopic (exact) mass is 447 g/mol. The summed E-state index contributed by atoms with van der Waals surface area (Å²) in [4.78, 5) is 17.6. The van der Waals surface area contributed by atoms with Crippen LogP contribution in [0.5, 0.6) is 0 Å². The van der Waals surface area contributed by atoms with Gasteiger partial charge in [-0.15, -0.1) is 11.3 Å². The Kier molecular flexibility index (Phi) is 5.76. The van der Waals surface area contributed by atoms with Gasteiger partial charge in [0.05, 0.1) is 16.2 Å². The molecule has 1 amide bonds. The van der Waals surface area contributed by atoms with Crippen LogP contribution in [0.2, 0.25) is 0 Å². The first kappa shape index (κ1) is 22.1. The second-order valence-corrected chi connectivity index (χ2v) is 8.43. The lowest BCUT2D eigenvalue weighted by atomic mass is 10.2. The SMILES string of the molecule is CCS(=O)(=O)c1cc(C(F)(F)F)cnc1C(=O)N=c1scc(C(F)(F)F)n1C. The first-order valence-corrected chi connectivity index (χ1v) is 9.82. The normalized spacial score (nSPS) is 13.8. The number of thiazole rings is 1. The molecule has 0 aromatic carbocycles. The zero-order chi connectivity index (χ0) is 21.5. The van der Waals surface area contributed by atoms with E-state index in [-0.39, 0.29) is 12.3 Å². The second-order valence-electron chi connectivity index (χ2n) is 5.35. The van der Waals surface area contributed by atoms with Gasteiger partial charge in [0.25, 0.3) is 5.91 Å². The third-order valence-electron chi connectivity index (χ3n) is 3.51. The van der Waals surface area contributed by atoms with E-state index in [1.807, 2.05) is 0 Å². The van der Waals surface area contributed by atoms with Crippen LogP contribution < -0.4 is 4.80 Å². The van der Waals surface area contributed by atoms with E-state index in [1.165, 1.54) is 0 Å². The van der Waals surface area contributed by atoms with Crippen molar-refractivity contribution < 1.29 is 39.6 Å². The number of amides is 1. The zero-order valence-electron chi connectivity index (χ0n) is 14.1. The highest BCUT2D eigenvalue weighted by Crippen LogP contribution is 2.31. The molecule has 0 bridgehead atoms. The molecule has 0 fully saturated rings. The summed E-state index contributed by atoms with van der Waals surface area (Å²) in [5.41, 5.74) is -3.40. The molecule has 0 atom stereocenters. The van der Waals surface area contributed by atoms with Crippen LogP contribution in [0.4, 0.5) is 26.3 Å². The number of sulfone groups is 1. The van der Waals surface area contributed by atoms with Crippen molar-refractivity contribution in [2.45, 2.75) is 24.2 Å². The Morgan fingerprint density at radius 3 is 2.29 bits per heavy atom. The number of halogens is 6. The van der Waals surface area contributed by atoms with Gasteiger partial charge in [-0.3, -0.25) is 4.79 Å². The Morgan fingerprint density at radius 2 is 1.82 bits per heavy atom. The van der Waals surface area contributed by atoms with Crippen LogP contribution in [0, 0.1) is 0 Å². The highest BCUT2D eigenvalue weighted by atomic mass is 32.2. The Bertz CT molecular complexity index is 1080. The van der Waals surface area contributed by atoms with E-state index in [2.05, 4.69) is 9.98 Å². The minimum Gasteiger partial charge on any atom is -0.316 e. The van der Waals surface area contributed by atoms with Crippen LogP contribution in [-0.4, -0.2) is 29.6 Å². The molecule has 0 N–H and O–H groups in total. The molecule has 0 spiro atoms. The van der Waals surface area contributed by atoms with Gasteiger partial charge in [0.15, 0.2) is 14.6 Å². The van der Waals surface area contributed by atoms with Crippen LogP contribution in [0.25, 0.3) is 0 Å². The van der Waals surface area contributed by atoms with Gasteiger partial charge in [0.2, 0.25) is 0 Å². The fourth-order valence-electron chi connectivity index (χ4n) is 2.02. The van der Waals surface area contributed by atoms with Crippen LogP contribution in [-0.2, 0) is 29.2 Å². The van der Waals surface area contributed by atoms with Crippen LogP contribution in [0.15, 0.2) is 27.5 Å². The quantitative estimate of drug-likeness (QED) is 0.678. The summed E-state index contributed by atoms with van der Waals surface area (Å²) in [7, 11) is -3.32. The van der Waals surface area contributed by atoms with Crippen LogP contribution in [0.3, 0.4) is 0 Å². The van der Waals surface area contributed by atoms with E-state index in [4.69, 9.17) is 0 Å². The molecule has 2 aromatic heterocycles. The topological polar surface area (TPSA) is 81.4 Å². The van der Waals surface area contributed by atoms with Gasteiger partial charge in [0.1, 0.15) is 11.4 Å². The van der Waals surface area contributed by atoms with Gasteiger partial charge in [-0.05, 0) is 6.07 Å². The zero-order valence-corrected chi connectivity index (χ0v) is 15.7. The Morgan fingerprint density at radius 1 is 1.21 bits per heavy atom. The maximum atomic E-state index is 12.9. The lowest BCUT2D eigenvalue weighted by molar-refractivity contribution is -0.143. The molecule has 28 heavy (non-hydrogen) atoms. The minimum absolute atomic E-state index is 0.254. The Balaban J connectivity index is 2.65. The fourth-order valence-corrected chi connectivity index (χ4v) is 3.97. The maximum absolute atomic E-state index is 12.9. The summed E-state index contributed by atoms with van der Waals surface area (Å²) >= 11 is 0.451. The highest BCUT2D eigenvalue weighted by Gasteiger charge is 2.35. The molecule has 6 nitrogen and oxygen atoms in total. The summed E-state index contributed by atoms with van der Waals surface area (Å²) in [5.74, 6) is -2.01. The third-order valence-corrected chi connectivity index (χ3v) is 6.17. The molecule has 0 radical (unpaired) electrons. The fraction of sp³-hybridized carbons (Fsp3) is 0.357. The molecule has 0 saturated heterocycles. The van der Waals surface area contributed by atoms with Crippen molar-refractivity contribution in [3.8, 4) is 0 Å². The Labute approximate surface area is 158 Å². The van der Waals surface area contributed by atoms with Gasteiger partial charge in [-0.25, -0.2) is 13.4 Å². The van der Waals surface area contributed by atoms with Crippen LogP contribution in [0.1, 0.15) is 28.7 Å². The smallest absolute Gasteiger partial charge is 0.316 e. The Hall–Kier alpha value is -2.22. The summed E-state index contributed by atoms with van der Waals surface area (Å²) in [5, 5.41) is 0.690. The van der Waals surface area contributed by atoms with E-state index < -0.39 is 60.5 Å². The van der Waals surface area contributed by atoms with Crippen molar-refractivity contribution in [1.29, 1.82) is 0 Å². The van der Waals surface area contributed by atoms with E-state index >= 15 is 0 Å². The van der Waals surface area contributed by atoms with E-state index in [1.54, 1.807) is 0 Å². The van der Waals surface area contributed by atoms with Gasteiger partial charge >= 0.3 is 12.4 Å². The molecule has 154 valence electrons. The molecule has 0 aliphatic carbocycles. The predicted octanol–water partition coefficient (Wildman–Crippen LogP) is 3.05. The average molecular weight is 447 g/mol. The lowest BCUT2D eigenvalue weighted by Crippen LogP contribution is -2.21. The maximum Gasteiger partial charge on any atom is 0.432 e. The van der Waals surface area contributed by atoms with Gasteiger partial charge in [-0.2, -0.15) is 31.3 Å². The van der Waals surface area contributed by atoms with Crippen molar-refractivity contribution in [2.75, 3.05) is 5.75 Å². The molecule has 0 saturated carbocycles. The van der Waals surface area contributed by atoms with Gasteiger partial charge in [-0.1, -0.05) is 6.92 Å². The number of carbonyl (C=O) groups excluding carboxylic acids is 1.